The molecule has 2 aromatic rings. The normalized spacial score (nSPS) is 17.4. The molecule has 2 N–H and O–H groups in total. The van der Waals surface area contributed by atoms with E-state index in [-0.39, 0.29) is 41.9 Å². The Morgan fingerprint density at radius 2 is 1.93 bits per heavy atom. The first kappa shape index (κ1) is 31.4. The molecule has 0 bridgehead atoms. The smallest absolute Gasteiger partial charge is 0.444 e. The average molecular weight is 587 g/mol. The summed E-state index contributed by atoms with van der Waals surface area (Å²) in [5.74, 6) is -1.69. The van der Waals surface area contributed by atoms with Gasteiger partial charge in [-0.25, -0.2) is 23.1 Å². The summed E-state index contributed by atoms with van der Waals surface area (Å²) in [6.45, 7) is 3.69. The summed E-state index contributed by atoms with van der Waals surface area (Å²) in [4.78, 5) is 38.2. The van der Waals surface area contributed by atoms with Gasteiger partial charge >= 0.3 is 14.0 Å². The number of phosphoric ester groups is 1. The molecule has 0 saturated heterocycles. The zero-order valence-electron chi connectivity index (χ0n) is 22.3. The van der Waals surface area contributed by atoms with Crippen molar-refractivity contribution in [3.63, 3.8) is 0 Å². The van der Waals surface area contributed by atoms with Gasteiger partial charge in [0.1, 0.15) is 17.1 Å². The maximum absolute atomic E-state index is 15.0. The molecule has 0 spiro atoms. The van der Waals surface area contributed by atoms with Crippen LogP contribution in [0.1, 0.15) is 70.8 Å². The minimum atomic E-state index is -4.55. The summed E-state index contributed by atoms with van der Waals surface area (Å²) in [6.07, 6.45) is 3.27. The maximum atomic E-state index is 15.0. The number of aryl methyl sites for hydroxylation is 1. The lowest BCUT2D eigenvalue weighted by atomic mass is 9.83. The molecule has 12 nitrogen and oxygen atoms in total. The van der Waals surface area contributed by atoms with E-state index < -0.39 is 44.1 Å². The molecule has 15 heteroatoms. The Morgan fingerprint density at radius 3 is 2.58 bits per heavy atom. The number of nitriles is 1. The summed E-state index contributed by atoms with van der Waals surface area (Å²) in [5.41, 5.74) is -0.833. The molecule has 0 atom stereocenters. The molecule has 1 aliphatic rings. The topological polar surface area (TPSA) is 165 Å². The van der Waals surface area contributed by atoms with Gasteiger partial charge in [0.2, 0.25) is 12.7 Å². The van der Waals surface area contributed by atoms with Crippen LogP contribution in [0.4, 0.5) is 19.5 Å². The number of phosphoric acid groups is 1. The molecule has 0 aliphatic heterocycles. The van der Waals surface area contributed by atoms with Gasteiger partial charge in [0.25, 0.3) is 0 Å². The van der Waals surface area contributed by atoms with Gasteiger partial charge in [-0.3, -0.25) is 4.52 Å². The molecule has 1 fully saturated rings. The highest BCUT2D eigenvalue weighted by molar-refractivity contribution is 7.46. The number of fused-ring (bicyclic) bond motifs is 1. The fourth-order valence-electron chi connectivity index (χ4n) is 4.17. The number of halogens is 2. The zero-order valence-corrected chi connectivity index (χ0v) is 23.2. The number of ether oxygens (including phenoxy) is 3. The second-order valence-corrected chi connectivity index (χ2v) is 10.6. The third-order valence-electron chi connectivity index (χ3n) is 6.28. The summed E-state index contributed by atoms with van der Waals surface area (Å²) >= 11 is 0. The van der Waals surface area contributed by atoms with Crippen LogP contribution < -0.4 is 0 Å². The number of nitrogens with zero attached hydrogens (tertiary/aromatic N) is 4. The van der Waals surface area contributed by atoms with Crippen molar-refractivity contribution in [1.82, 2.24) is 9.55 Å². The van der Waals surface area contributed by atoms with E-state index in [9.17, 15) is 19.0 Å². The molecular weight excluding hydrogens is 553 g/mol. The van der Waals surface area contributed by atoms with Crippen molar-refractivity contribution < 1.29 is 46.7 Å². The number of rotatable bonds is 14. The van der Waals surface area contributed by atoms with E-state index in [0.29, 0.717) is 32.1 Å². The lowest BCUT2D eigenvalue weighted by Crippen LogP contribution is -2.34. The van der Waals surface area contributed by atoms with E-state index in [2.05, 4.69) is 14.5 Å². The highest BCUT2D eigenvalue weighted by atomic mass is 31.2. The number of benzene rings is 1. The molecule has 1 aliphatic carbocycles. The zero-order chi connectivity index (χ0) is 29.3. The lowest BCUT2D eigenvalue weighted by Gasteiger charge is -2.34. The van der Waals surface area contributed by atoms with E-state index in [1.54, 1.807) is 6.07 Å². The minimum Gasteiger partial charge on any atom is -0.444 e. The van der Waals surface area contributed by atoms with Gasteiger partial charge in [-0.2, -0.15) is 10.3 Å². The average Bonchev–Trinajstić information content (AvgIpc) is 3.24. The van der Waals surface area contributed by atoms with Crippen LogP contribution in [0.2, 0.25) is 0 Å². The van der Waals surface area contributed by atoms with Crippen molar-refractivity contribution in [2.75, 3.05) is 13.4 Å². The summed E-state index contributed by atoms with van der Waals surface area (Å²) in [7, 11) is -4.55. The predicted octanol–water partition coefficient (Wildman–Crippen LogP) is 5.61. The first-order chi connectivity index (χ1) is 19.1. The van der Waals surface area contributed by atoms with E-state index in [1.807, 2.05) is 13.8 Å². The van der Waals surface area contributed by atoms with Crippen molar-refractivity contribution in [1.29, 1.82) is 5.26 Å². The van der Waals surface area contributed by atoms with E-state index in [1.165, 1.54) is 4.57 Å². The quantitative estimate of drug-likeness (QED) is 0.0709. The Kier molecular flexibility index (Phi) is 11.4. The van der Waals surface area contributed by atoms with Gasteiger partial charge in [0.15, 0.2) is 17.5 Å². The molecule has 0 radical (unpaired) electrons. The Hall–Kier alpha value is -3.11. The molecule has 1 heterocycles. The van der Waals surface area contributed by atoms with Crippen molar-refractivity contribution in [2.24, 2.45) is 10.9 Å². The highest BCUT2D eigenvalue weighted by Crippen LogP contribution is 2.44. The molecule has 1 aromatic heterocycles. The van der Waals surface area contributed by atoms with Crippen LogP contribution >= 0.6 is 7.82 Å². The fraction of sp³-hybridized carbons (Fsp3) is 0.600. The van der Waals surface area contributed by atoms with Gasteiger partial charge in [-0.1, -0.05) is 33.1 Å². The van der Waals surface area contributed by atoms with Crippen LogP contribution in [0.3, 0.4) is 0 Å². The third-order valence-corrected chi connectivity index (χ3v) is 6.85. The molecular formula is C25H33F2N4O8P. The molecule has 40 heavy (non-hydrogen) atoms. The number of aliphatic imine (C=N–C) groups is 1. The molecule has 0 amide bonds. The Labute approximate surface area is 230 Å². The van der Waals surface area contributed by atoms with Gasteiger partial charge in [0.05, 0.1) is 18.3 Å². The van der Waals surface area contributed by atoms with Crippen LogP contribution in [0.5, 0.6) is 0 Å². The van der Waals surface area contributed by atoms with Gasteiger partial charge in [0, 0.05) is 13.0 Å². The molecule has 220 valence electrons. The van der Waals surface area contributed by atoms with E-state index in [4.69, 9.17) is 24.0 Å². The minimum absolute atomic E-state index is 0.00229. The summed E-state index contributed by atoms with van der Waals surface area (Å²) in [6, 6.07) is 2.46. The van der Waals surface area contributed by atoms with Crippen LogP contribution in [0.25, 0.3) is 11.0 Å². The van der Waals surface area contributed by atoms with Crippen molar-refractivity contribution in [3.05, 3.63) is 23.3 Å². The SMILES string of the molecule is CCCCC/C(=N/c1nc2c(F)cc(C#N)c(F)c2n1CCCC)OCOC(=O)OCC1CC(OP(=O)(O)O)C1. The highest BCUT2D eigenvalue weighted by Gasteiger charge is 2.35. The van der Waals surface area contributed by atoms with Crippen LogP contribution in [0.15, 0.2) is 11.1 Å². The number of hydrogen-bond donors (Lipinski definition) is 2. The molecule has 1 aromatic carbocycles. The molecule has 3 rings (SSSR count). The van der Waals surface area contributed by atoms with E-state index in [0.717, 1.165) is 25.3 Å². The summed E-state index contributed by atoms with van der Waals surface area (Å²) < 4.78 is 62.1. The first-order valence-electron chi connectivity index (χ1n) is 13.1. The Bertz CT molecular complexity index is 1300. The molecule has 0 unspecified atom stereocenters. The van der Waals surface area contributed by atoms with Crippen molar-refractivity contribution in [3.8, 4) is 6.07 Å². The van der Waals surface area contributed by atoms with E-state index >= 15 is 4.39 Å². The number of imidazole rings is 1. The molecule has 1 saturated carbocycles. The number of carbonyl (C=O) groups is 1. The fourth-order valence-corrected chi connectivity index (χ4v) is 4.73. The van der Waals surface area contributed by atoms with Crippen LogP contribution in [-0.4, -0.2) is 50.9 Å². The first-order valence-corrected chi connectivity index (χ1v) is 14.6. The second-order valence-electron chi connectivity index (χ2n) is 9.43. The lowest BCUT2D eigenvalue weighted by molar-refractivity contribution is -0.0313. The van der Waals surface area contributed by atoms with Gasteiger partial charge < -0.3 is 28.6 Å². The predicted molar refractivity (Wildman–Crippen MR) is 139 cm³/mol. The monoisotopic (exact) mass is 586 g/mol. The largest absolute Gasteiger partial charge is 0.511 e. The van der Waals surface area contributed by atoms with Gasteiger partial charge in [-0.05, 0) is 37.7 Å². The van der Waals surface area contributed by atoms with Crippen LogP contribution in [-0.2, 0) is 29.8 Å². The number of carbonyl (C=O) groups excluding carboxylic acids is 1. The van der Waals surface area contributed by atoms with Crippen molar-refractivity contribution in [2.45, 2.75) is 77.9 Å². The number of aromatic nitrogens is 2. The number of hydrogen-bond acceptors (Lipinski definition) is 9. The van der Waals surface area contributed by atoms with Gasteiger partial charge in [-0.15, -0.1) is 0 Å². The standard InChI is InChI=1S/C25H33F2N4O8P/c1-3-5-7-8-20(37-15-38-25(32)36-14-16-10-18(11-16)39-40(33,34)35)29-24-30-22-19(26)12-17(13-28)21(27)23(22)31(24)9-6-4-2/h12,16,18H,3-11,14-15H2,1-2H3,(H2,33,34,35)/b29-20-. The van der Waals surface area contributed by atoms with Crippen molar-refractivity contribution >= 4 is 36.9 Å². The number of unbranched alkanes of at least 4 members (excludes halogenated alkanes) is 3. The maximum Gasteiger partial charge on any atom is 0.511 e. The second kappa shape index (κ2) is 14.5. The summed E-state index contributed by atoms with van der Waals surface area (Å²) in [5, 5.41) is 9.20. The van der Waals surface area contributed by atoms with Crippen LogP contribution in [0, 0.1) is 28.9 Å². The third kappa shape index (κ3) is 8.69. The Morgan fingerprint density at radius 1 is 1.20 bits per heavy atom. The Balaban J connectivity index is 1.68.